The van der Waals surface area contributed by atoms with Gasteiger partial charge >= 0.3 is 0 Å². The van der Waals surface area contributed by atoms with Gasteiger partial charge in [0.2, 0.25) is 0 Å². The molecule has 0 saturated carbocycles. The number of amides is 2. The third-order valence-electron chi connectivity index (χ3n) is 6.44. The summed E-state index contributed by atoms with van der Waals surface area (Å²) in [5, 5.41) is 0. The van der Waals surface area contributed by atoms with Gasteiger partial charge in [-0.25, -0.2) is 4.90 Å². The molecule has 0 radical (unpaired) electrons. The van der Waals surface area contributed by atoms with Crippen molar-refractivity contribution < 1.29 is 19.1 Å². The maximum absolute atomic E-state index is 13.8. The van der Waals surface area contributed by atoms with Crippen molar-refractivity contribution in [1.29, 1.82) is 0 Å². The minimum absolute atomic E-state index is 0.261. The Balaban J connectivity index is 1.86. The first-order valence-corrected chi connectivity index (χ1v) is 11.0. The molecule has 1 saturated heterocycles. The van der Waals surface area contributed by atoms with Crippen molar-refractivity contribution in [3.8, 4) is 11.5 Å². The molecule has 0 unspecified atom stereocenters. The second-order valence-electron chi connectivity index (χ2n) is 8.70. The topological polar surface area (TPSA) is 59.1 Å². The van der Waals surface area contributed by atoms with E-state index in [1.54, 1.807) is 26.4 Å². The lowest BCUT2D eigenvalue weighted by molar-refractivity contribution is -0.120. The van der Waals surface area contributed by atoms with Gasteiger partial charge in [-0.05, 0) is 67.5 Å². The molecule has 2 amide bonds. The van der Waals surface area contributed by atoms with E-state index in [4.69, 9.17) is 9.47 Å². The molecular weight excluding hydrogens is 404 g/mol. The van der Waals surface area contributed by atoms with Gasteiger partial charge in [0.15, 0.2) is 11.5 Å². The molecule has 1 fully saturated rings. The molecule has 0 N–H and O–H groups in total. The first-order chi connectivity index (χ1) is 15.3. The van der Waals surface area contributed by atoms with E-state index in [9.17, 15) is 9.59 Å². The molecule has 6 nitrogen and oxygen atoms in total. The summed E-state index contributed by atoms with van der Waals surface area (Å²) in [7, 11) is 3.14. The number of anilines is 1. The Morgan fingerprint density at radius 2 is 1.56 bits per heavy atom. The van der Waals surface area contributed by atoms with Crippen molar-refractivity contribution in [3.63, 3.8) is 0 Å². The van der Waals surface area contributed by atoms with Gasteiger partial charge < -0.3 is 14.4 Å². The summed E-state index contributed by atoms with van der Waals surface area (Å²) < 4.78 is 10.8. The fourth-order valence-corrected chi connectivity index (χ4v) is 4.47. The SMILES string of the molecule is COc1ccc(C2=C(N3CCC(C)CC3)C(=O)N(c3cc(C)ccc3C)C2=O)cc1OC. The smallest absolute Gasteiger partial charge is 0.282 e. The normalized spacial score (nSPS) is 17.4. The van der Waals surface area contributed by atoms with E-state index in [-0.39, 0.29) is 11.8 Å². The van der Waals surface area contributed by atoms with Gasteiger partial charge in [0.25, 0.3) is 11.8 Å². The molecule has 32 heavy (non-hydrogen) atoms. The lowest BCUT2D eigenvalue weighted by atomic mass is 9.97. The number of piperidine rings is 1. The number of carbonyl (C=O) groups is 2. The van der Waals surface area contributed by atoms with Crippen molar-refractivity contribution in [3.05, 3.63) is 58.8 Å². The van der Waals surface area contributed by atoms with Gasteiger partial charge in [0.05, 0.1) is 25.5 Å². The van der Waals surface area contributed by atoms with Crippen molar-refractivity contribution in [1.82, 2.24) is 4.90 Å². The van der Waals surface area contributed by atoms with E-state index in [0.717, 1.165) is 37.1 Å². The molecule has 0 aliphatic carbocycles. The highest BCUT2D eigenvalue weighted by Gasteiger charge is 2.43. The Morgan fingerprint density at radius 3 is 2.22 bits per heavy atom. The van der Waals surface area contributed by atoms with Gasteiger partial charge in [-0.15, -0.1) is 0 Å². The molecule has 2 aromatic rings. The summed E-state index contributed by atoms with van der Waals surface area (Å²) in [6, 6.07) is 11.2. The van der Waals surface area contributed by atoms with Crippen LogP contribution in [0.4, 0.5) is 5.69 Å². The second kappa shape index (κ2) is 8.69. The van der Waals surface area contributed by atoms with Crippen LogP contribution >= 0.6 is 0 Å². The zero-order valence-electron chi connectivity index (χ0n) is 19.4. The predicted molar refractivity (Wildman–Crippen MR) is 125 cm³/mol. The Kier molecular flexibility index (Phi) is 5.96. The number of hydrogen-bond donors (Lipinski definition) is 0. The monoisotopic (exact) mass is 434 g/mol. The Labute approximate surface area is 189 Å². The average molecular weight is 435 g/mol. The molecule has 2 aromatic carbocycles. The molecule has 0 spiro atoms. The standard InChI is InChI=1S/C26H30N2O4/c1-16-10-12-27(13-11-16)24-23(19-8-9-21(31-4)22(15-19)32-5)25(29)28(26(24)30)20-14-17(2)6-7-18(20)3/h6-9,14-16H,10-13H2,1-5H3. The molecule has 6 heteroatoms. The summed E-state index contributed by atoms with van der Waals surface area (Å²) in [6.45, 7) is 7.63. The molecule has 2 aliphatic heterocycles. The fourth-order valence-electron chi connectivity index (χ4n) is 4.47. The molecule has 2 heterocycles. The highest BCUT2D eigenvalue weighted by atomic mass is 16.5. The number of methoxy groups -OCH3 is 2. The van der Waals surface area contributed by atoms with E-state index in [1.165, 1.54) is 4.90 Å². The van der Waals surface area contributed by atoms with E-state index in [2.05, 4.69) is 11.8 Å². The van der Waals surface area contributed by atoms with Crippen LogP contribution in [0.25, 0.3) is 5.57 Å². The molecule has 168 valence electrons. The van der Waals surface area contributed by atoms with E-state index in [1.807, 2.05) is 38.1 Å². The van der Waals surface area contributed by atoms with E-state index in [0.29, 0.717) is 39.9 Å². The van der Waals surface area contributed by atoms with Gasteiger partial charge in [0, 0.05) is 13.1 Å². The average Bonchev–Trinajstić information content (AvgIpc) is 3.05. The van der Waals surface area contributed by atoms with Crippen molar-refractivity contribution in [2.75, 3.05) is 32.2 Å². The van der Waals surface area contributed by atoms with E-state index >= 15 is 0 Å². The Bertz CT molecular complexity index is 1100. The number of likely N-dealkylation sites (tertiary alicyclic amines) is 1. The number of benzene rings is 2. The van der Waals surface area contributed by atoms with Crippen LogP contribution in [0.15, 0.2) is 42.1 Å². The van der Waals surface area contributed by atoms with Crippen LogP contribution in [0.1, 0.15) is 36.5 Å². The highest BCUT2D eigenvalue weighted by Crippen LogP contribution is 2.40. The largest absolute Gasteiger partial charge is 0.493 e. The molecular formula is C26H30N2O4. The van der Waals surface area contributed by atoms with Crippen LogP contribution in [-0.2, 0) is 9.59 Å². The van der Waals surface area contributed by atoms with Crippen LogP contribution in [0.2, 0.25) is 0 Å². The second-order valence-corrected chi connectivity index (χ2v) is 8.70. The van der Waals surface area contributed by atoms with Crippen molar-refractivity contribution in [2.24, 2.45) is 5.92 Å². The van der Waals surface area contributed by atoms with Crippen LogP contribution in [0.5, 0.6) is 11.5 Å². The van der Waals surface area contributed by atoms with Crippen LogP contribution in [-0.4, -0.2) is 44.0 Å². The number of hydrogen-bond acceptors (Lipinski definition) is 5. The number of carbonyl (C=O) groups excluding carboxylic acids is 2. The lowest BCUT2D eigenvalue weighted by Crippen LogP contribution is -2.38. The van der Waals surface area contributed by atoms with Gasteiger partial charge in [0.1, 0.15) is 5.70 Å². The molecule has 4 rings (SSSR count). The van der Waals surface area contributed by atoms with Gasteiger partial charge in [-0.2, -0.15) is 0 Å². The highest BCUT2D eigenvalue weighted by molar-refractivity contribution is 6.45. The van der Waals surface area contributed by atoms with Gasteiger partial charge in [-0.1, -0.05) is 25.1 Å². The Morgan fingerprint density at radius 1 is 0.875 bits per heavy atom. The van der Waals surface area contributed by atoms with Crippen LogP contribution in [0, 0.1) is 19.8 Å². The minimum atomic E-state index is -0.301. The number of ether oxygens (including phenoxy) is 2. The van der Waals surface area contributed by atoms with Crippen LogP contribution in [0.3, 0.4) is 0 Å². The van der Waals surface area contributed by atoms with Gasteiger partial charge in [-0.3, -0.25) is 9.59 Å². The zero-order chi connectivity index (χ0) is 23.0. The third-order valence-corrected chi connectivity index (χ3v) is 6.44. The first kappa shape index (κ1) is 21.9. The summed E-state index contributed by atoms with van der Waals surface area (Å²) in [6.07, 6.45) is 1.99. The summed E-state index contributed by atoms with van der Waals surface area (Å²) in [5.74, 6) is 1.15. The summed E-state index contributed by atoms with van der Waals surface area (Å²) in [5.41, 5.74) is 4.08. The first-order valence-electron chi connectivity index (χ1n) is 11.0. The zero-order valence-corrected chi connectivity index (χ0v) is 19.4. The maximum atomic E-state index is 13.8. The fraction of sp³-hybridized carbons (Fsp3) is 0.385. The molecule has 2 aliphatic rings. The molecule has 0 aromatic heterocycles. The van der Waals surface area contributed by atoms with E-state index < -0.39 is 0 Å². The number of imide groups is 1. The summed E-state index contributed by atoms with van der Waals surface area (Å²) in [4.78, 5) is 31.0. The predicted octanol–water partition coefficient (Wildman–Crippen LogP) is 4.34. The molecule has 0 atom stereocenters. The van der Waals surface area contributed by atoms with Crippen molar-refractivity contribution >= 4 is 23.1 Å². The Hall–Kier alpha value is -3.28. The number of aryl methyl sites for hydroxylation is 2. The lowest BCUT2D eigenvalue weighted by Gasteiger charge is -2.32. The quantitative estimate of drug-likeness (QED) is 0.656. The number of nitrogens with zero attached hydrogens (tertiary/aromatic N) is 2. The van der Waals surface area contributed by atoms with Crippen molar-refractivity contribution in [2.45, 2.75) is 33.6 Å². The molecule has 0 bridgehead atoms. The maximum Gasteiger partial charge on any atom is 0.282 e. The third kappa shape index (κ3) is 3.74. The minimum Gasteiger partial charge on any atom is -0.493 e. The number of rotatable bonds is 5. The van der Waals surface area contributed by atoms with Crippen LogP contribution < -0.4 is 14.4 Å². The summed E-state index contributed by atoms with van der Waals surface area (Å²) >= 11 is 0.